The minimum Gasteiger partial charge on any atom is -0.506 e. The van der Waals surface area contributed by atoms with Crippen molar-refractivity contribution in [3.63, 3.8) is 0 Å². The Morgan fingerprint density at radius 3 is 2.61 bits per heavy atom. The standard InChI is InChI=1S/C12H8F3NO2/c13-9-6-7(18-12(14)15)3-4-8(9)11-10(17)2-1-5-16-11/h1-6,12,17H. The van der Waals surface area contributed by atoms with Crippen molar-refractivity contribution in [1.29, 1.82) is 0 Å². The van der Waals surface area contributed by atoms with Gasteiger partial charge in [0.05, 0.1) is 0 Å². The van der Waals surface area contributed by atoms with Crippen LogP contribution < -0.4 is 4.74 Å². The summed E-state index contributed by atoms with van der Waals surface area (Å²) in [6.07, 6.45) is 1.39. The van der Waals surface area contributed by atoms with E-state index in [4.69, 9.17) is 0 Å². The minimum atomic E-state index is -3.02. The molecule has 0 aliphatic heterocycles. The van der Waals surface area contributed by atoms with Crippen LogP contribution in [0.15, 0.2) is 36.5 Å². The van der Waals surface area contributed by atoms with Gasteiger partial charge in [0.25, 0.3) is 0 Å². The summed E-state index contributed by atoms with van der Waals surface area (Å²) in [5.41, 5.74) is 0.0494. The smallest absolute Gasteiger partial charge is 0.387 e. The van der Waals surface area contributed by atoms with Gasteiger partial charge >= 0.3 is 6.61 Å². The van der Waals surface area contributed by atoms with Crippen molar-refractivity contribution >= 4 is 0 Å². The Morgan fingerprint density at radius 2 is 2.00 bits per heavy atom. The number of nitrogens with zero attached hydrogens (tertiary/aromatic N) is 1. The van der Waals surface area contributed by atoms with E-state index in [1.807, 2.05) is 0 Å². The van der Waals surface area contributed by atoms with E-state index >= 15 is 0 Å². The zero-order valence-electron chi connectivity index (χ0n) is 8.98. The third-order valence-corrected chi connectivity index (χ3v) is 2.21. The fourth-order valence-electron chi connectivity index (χ4n) is 1.47. The Kier molecular flexibility index (Phi) is 3.36. The Morgan fingerprint density at radius 1 is 1.22 bits per heavy atom. The van der Waals surface area contributed by atoms with Crippen LogP contribution in [0.1, 0.15) is 0 Å². The number of alkyl halides is 2. The van der Waals surface area contributed by atoms with Gasteiger partial charge in [-0.05, 0) is 24.3 Å². The number of halogens is 3. The predicted octanol–water partition coefficient (Wildman–Crippen LogP) is 3.19. The second-order valence-corrected chi connectivity index (χ2v) is 3.39. The largest absolute Gasteiger partial charge is 0.506 e. The van der Waals surface area contributed by atoms with E-state index in [1.165, 1.54) is 30.5 Å². The SMILES string of the molecule is Oc1cccnc1-c1ccc(OC(F)F)cc1F. The Labute approximate surface area is 100 Å². The molecule has 1 N–H and O–H groups in total. The monoisotopic (exact) mass is 255 g/mol. The van der Waals surface area contributed by atoms with Crippen LogP contribution in [0.25, 0.3) is 11.3 Å². The van der Waals surface area contributed by atoms with Gasteiger partial charge in [-0.2, -0.15) is 8.78 Å². The number of hydrogen-bond donors (Lipinski definition) is 1. The van der Waals surface area contributed by atoms with Gasteiger partial charge in [-0.3, -0.25) is 4.98 Å². The summed E-state index contributed by atoms with van der Waals surface area (Å²) in [7, 11) is 0. The van der Waals surface area contributed by atoms with E-state index in [-0.39, 0.29) is 22.8 Å². The fraction of sp³-hybridized carbons (Fsp3) is 0.0833. The summed E-state index contributed by atoms with van der Waals surface area (Å²) < 4.78 is 41.6. The number of hydrogen-bond acceptors (Lipinski definition) is 3. The molecule has 2 rings (SSSR count). The van der Waals surface area contributed by atoms with Crippen LogP contribution in [-0.4, -0.2) is 16.7 Å². The molecule has 0 unspecified atom stereocenters. The Hall–Kier alpha value is -2.24. The number of benzene rings is 1. The maximum absolute atomic E-state index is 13.7. The Balaban J connectivity index is 2.39. The molecule has 18 heavy (non-hydrogen) atoms. The molecular formula is C12H8F3NO2. The minimum absolute atomic E-state index is 0.00900. The van der Waals surface area contributed by atoms with Crippen LogP contribution in [0.3, 0.4) is 0 Å². The molecule has 0 spiro atoms. The highest BCUT2D eigenvalue weighted by atomic mass is 19.3. The molecule has 3 nitrogen and oxygen atoms in total. The van der Waals surface area contributed by atoms with Crippen molar-refractivity contribution in [2.75, 3.05) is 0 Å². The van der Waals surface area contributed by atoms with Crippen LogP contribution in [-0.2, 0) is 0 Å². The van der Waals surface area contributed by atoms with E-state index < -0.39 is 12.4 Å². The normalized spacial score (nSPS) is 10.7. The van der Waals surface area contributed by atoms with Crippen molar-refractivity contribution in [3.05, 3.63) is 42.3 Å². The van der Waals surface area contributed by atoms with Crippen LogP contribution >= 0.6 is 0 Å². The predicted molar refractivity (Wildman–Crippen MR) is 57.9 cm³/mol. The summed E-state index contributed by atoms with van der Waals surface area (Å²) in [4.78, 5) is 3.82. The molecule has 0 amide bonds. The molecule has 0 aliphatic carbocycles. The van der Waals surface area contributed by atoms with E-state index in [9.17, 15) is 18.3 Å². The lowest BCUT2D eigenvalue weighted by Gasteiger charge is -2.08. The molecule has 0 fully saturated rings. The van der Waals surface area contributed by atoms with Crippen LogP contribution in [0.5, 0.6) is 11.5 Å². The average molecular weight is 255 g/mol. The van der Waals surface area contributed by atoms with Gasteiger partial charge in [-0.15, -0.1) is 0 Å². The van der Waals surface area contributed by atoms with Crippen molar-refractivity contribution in [1.82, 2.24) is 4.98 Å². The number of rotatable bonds is 3. The zero-order chi connectivity index (χ0) is 13.1. The lowest BCUT2D eigenvalue weighted by Crippen LogP contribution is -2.02. The number of aromatic nitrogens is 1. The maximum atomic E-state index is 13.7. The van der Waals surface area contributed by atoms with Gasteiger partial charge < -0.3 is 9.84 Å². The van der Waals surface area contributed by atoms with Crippen molar-refractivity contribution in [3.8, 4) is 22.8 Å². The molecule has 1 aromatic heterocycles. The molecule has 0 radical (unpaired) electrons. The fourth-order valence-corrected chi connectivity index (χ4v) is 1.47. The molecule has 0 saturated heterocycles. The summed E-state index contributed by atoms with van der Waals surface area (Å²) in [6, 6.07) is 6.06. The molecule has 1 heterocycles. The summed E-state index contributed by atoms with van der Waals surface area (Å²) in [6.45, 7) is -3.02. The van der Waals surface area contributed by atoms with Crippen LogP contribution in [0.4, 0.5) is 13.2 Å². The topological polar surface area (TPSA) is 42.4 Å². The lowest BCUT2D eigenvalue weighted by atomic mass is 10.1. The third-order valence-electron chi connectivity index (χ3n) is 2.21. The molecular weight excluding hydrogens is 247 g/mol. The molecule has 1 aromatic carbocycles. The first kappa shape index (κ1) is 12.2. The molecule has 0 bridgehead atoms. The first-order valence-corrected chi connectivity index (χ1v) is 4.96. The summed E-state index contributed by atoms with van der Waals surface area (Å²) in [5.74, 6) is -1.29. The number of ether oxygens (including phenoxy) is 1. The van der Waals surface area contributed by atoms with Crippen molar-refractivity contribution in [2.45, 2.75) is 6.61 Å². The maximum Gasteiger partial charge on any atom is 0.387 e. The quantitative estimate of drug-likeness (QED) is 0.915. The molecule has 6 heteroatoms. The second kappa shape index (κ2) is 4.95. The van der Waals surface area contributed by atoms with E-state index in [2.05, 4.69) is 9.72 Å². The van der Waals surface area contributed by atoms with Gasteiger partial charge in [0, 0.05) is 17.8 Å². The van der Waals surface area contributed by atoms with Crippen LogP contribution in [0, 0.1) is 5.82 Å². The lowest BCUT2D eigenvalue weighted by molar-refractivity contribution is -0.0499. The molecule has 0 aliphatic rings. The van der Waals surface area contributed by atoms with Gasteiger partial charge in [-0.1, -0.05) is 0 Å². The van der Waals surface area contributed by atoms with Crippen molar-refractivity contribution in [2.24, 2.45) is 0 Å². The van der Waals surface area contributed by atoms with Gasteiger partial charge in [0.1, 0.15) is 23.0 Å². The number of aromatic hydroxyl groups is 1. The van der Waals surface area contributed by atoms with Gasteiger partial charge in [0.15, 0.2) is 0 Å². The first-order valence-electron chi connectivity index (χ1n) is 4.96. The average Bonchev–Trinajstić information content (AvgIpc) is 2.30. The number of pyridine rings is 1. The highest BCUT2D eigenvalue weighted by Gasteiger charge is 2.13. The molecule has 2 aromatic rings. The first-order chi connectivity index (χ1) is 8.58. The van der Waals surface area contributed by atoms with Crippen molar-refractivity contribution < 1.29 is 23.0 Å². The second-order valence-electron chi connectivity index (χ2n) is 3.39. The van der Waals surface area contributed by atoms with E-state index in [0.29, 0.717) is 0 Å². The van der Waals surface area contributed by atoms with E-state index in [0.717, 1.165) is 6.07 Å². The van der Waals surface area contributed by atoms with E-state index in [1.54, 1.807) is 0 Å². The van der Waals surface area contributed by atoms with Crippen LogP contribution in [0.2, 0.25) is 0 Å². The Bertz CT molecular complexity index is 561. The summed E-state index contributed by atoms with van der Waals surface area (Å²) in [5, 5.41) is 9.52. The highest BCUT2D eigenvalue weighted by molar-refractivity contribution is 5.66. The zero-order valence-corrected chi connectivity index (χ0v) is 8.98. The molecule has 0 saturated carbocycles. The highest BCUT2D eigenvalue weighted by Crippen LogP contribution is 2.30. The summed E-state index contributed by atoms with van der Waals surface area (Å²) >= 11 is 0. The van der Waals surface area contributed by atoms with Gasteiger partial charge in [0.2, 0.25) is 0 Å². The molecule has 94 valence electrons. The van der Waals surface area contributed by atoms with Gasteiger partial charge in [-0.25, -0.2) is 4.39 Å². The third kappa shape index (κ3) is 2.53. The molecule has 0 atom stereocenters.